The number of hydrogen-bond acceptors (Lipinski definition) is 5. The van der Waals surface area contributed by atoms with Gasteiger partial charge < -0.3 is 5.73 Å². The summed E-state index contributed by atoms with van der Waals surface area (Å²) in [6.07, 6.45) is -0.379. The second kappa shape index (κ2) is 6.10. The number of para-hydroxylation sites is 1. The minimum atomic E-state index is -0.727. The van der Waals surface area contributed by atoms with E-state index in [4.69, 9.17) is 11.6 Å². The molecule has 0 aliphatic heterocycles. The number of rotatable bonds is 4. The van der Waals surface area contributed by atoms with Crippen molar-refractivity contribution in [3.05, 3.63) is 42.1 Å². The van der Waals surface area contributed by atoms with Crippen LogP contribution in [0, 0.1) is 0 Å². The highest BCUT2D eigenvalue weighted by molar-refractivity contribution is 6.04. The molecule has 0 unspecified atom stereocenters. The van der Waals surface area contributed by atoms with E-state index in [0.717, 1.165) is 5.39 Å². The van der Waals surface area contributed by atoms with Gasteiger partial charge in [-0.05, 0) is 12.1 Å². The summed E-state index contributed by atoms with van der Waals surface area (Å²) in [7, 11) is 0. The van der Waals surface area contributed by atoms with Crippen molar-refractivity contribution in [3.8, 4) is 0 Å². The number of imide groups is 1. The SMILES string of the molecule is NC(=O)CCC(=O)N(N)C(=O)c1ccc2ccccc2n1. The number of amides is 3. The summed E-state index contributed by atoms with van der Waals surface area (Å²) >= 11 is 0. The number of hydrazine groups is 1. The molecule has 0 spiro atoms. The molecule has 0 aliphatic carbocycles. The van der Waals surface area contributed by atoms with Gasteiger partial charge in [0.1, 0.15) is 5.69 Å². The van der Waals surface area contributed by atoms with Crippen LogP contribution in [0.5, 0.6) is 0 Å². The Kier molecular flexibility index (Phi) is 4.24. The van der Waals surface area contributed by atoms with Crippen LogP contribution in [-0.4, -0.2) is 27.7 Å². The third-order valence-electron chi connectivity index (χ3n) is 2.89. The van der Waals surface area contributed by atoms with E-state index in [0.29, 0.717) is 10.5 Å². The second-order valence-electron chi connectivity index (χ2n) is 4.42. The Hall–Kier alpha value is -2.80. The number of pyridine rings is 1. The fourth-order valence-electron chi connectivity index (χ4n) is 1.77. The van der Waals surface area contributed by atoms with Gasteiger partial charge in [-0.2, -0.15) is 0 Å². The Bertz CT molecular complexity index is 714. The molecule has 3 amide bonds. The molecule has 0 aliphatic rings. The number of primary amides is 1. The predicted molar refractivity (Wildman–Crippen MR) is 75.5 cm³/mol. The molecule has 0 fully saturated rings. The Morgan fingerprint density at radius 1 is 1.05 bits per heavy atom. The van der Waals surface area contributed by atoms with E-state index >= 15 is 0 Å². The first-order valence-corrected chi connectivity index (χ1v) is 6.25. The average Bonchev–Trinajstić information content (AvgIpc) is 2.50. The van der Waals surface area contributed by atoms with E-state index in [9.17, 15) is 14.4 Å². The Morgan fingerprint density at radius 2 is 1.76 bits per heavy atom. The highest BCUT2D eigenvalue weighted by Gasteiger charge is 2.21. The zero-order valence-electron chi connectivity index (χ0n) is 11.2. The molecule has 1 heterocycles. The maximum Gasteiger partial charge on any atom is 0.293 e. The fraction of sp³-hybridized carbons (Fsp3) is 0.143. The van der Waals surface area contributed by atoms with Crippen molar-refractivity contribution in [3.63, 3.8) is 0 Å². The summed E-state index contributed by atoms with van der Waals surface area (Å²) in [4.78, 5) is 38.5. The molecule has 1 aromatic carbocycles. The van der Waals surface area contributed by atoms with Crippen LogP contribution in [0.4, 0.5) is 0 Å². The monoisotopic (exact) mass is 286 g/mol. The van der Waals surface area contributed by atoms with Crippen molar-refractivity contribution < 1.29 is 14.4 Å². The van der Waals surface area contributed by atoms with Crippen molar-refractivity contribution in [2.75, 3.05) is 0 Å². The fourth-order valence-corrected chi connectivity index (χ4v) is 1.77. The van der Waals surface area contributed by atoms with Gasteiger partial charge in [-0.3, -0.25) is 14.4 Å². The largest absolute Gasteiger partial charge is 0.370 e. The molecule has 21 heavy (non-hydrogen) atoms. The summed E-state index contributed by atoms with van der Waals surface area (Å²) in [5.41, 5.74) is 5.63. The molecule has 7 nitrogen and oxygen atoms in total. The Labute approximate surface area is 120 Å². The lowest BCUT2D eigenvalue weighted by atomic mass is 10.2. The Balaban J connectivity index is 2.17. The smallest absolute Gasteiger partial charge is 0.293 e. The Morgan fingerprint density at radius 3 is 2.48 bits per heavy atom. The number of benzene rings is 1. The lowest BCUT2D eigenvalue weighted by molar-refractivity contribution is -0.131. The van der Waals surface area contributed by atoms with E-state index in [1.807, 2.05) is 12.1 Å². The summed E-state index contributed by atoms with van der Waals surface area (Å²) in [6.45, 7) is 0. The minimum Gasteiger partial charge on any atom is -0.370 e. The number of nitrogens with zero attached hydrogens (tertiary/aromatic N) is 2. The number of carbonyl (C=O) groups is 3. The van der Waals surface area contributed by atoms with Crippen LogP contribution in [0.15, 0.2) is 36.4 Å². The van der Waals surface area contributed by atoms with E-state index in [1.165, 1.54) is 6.07 Å². The lowest BCUT2D eigenvalue weighted by Gasteiger charge is -2.14. The molecule has 2 rings (SSSR count). The van der Waals surface area contributed by atoms with E-state index in [-0.39, 0.29) is 18.5 Å². The standard InChI is InChI=1S/C14H14N4O3/c15-12(19)7-8-13(20)18(16)14(21)11-6-5-9-3-1-2-4-10(9)17-11/h1-6H,7-8,16H2,(H2,15,19). The van der Waals surface area contributed by atoms with Gasteiger partial charge in [-0.1, -0.05) is 24.3 Å². The van der Waals surface area contributed by atoms with Gasteiger partial charge in [-0.25, -0.2) is 15.8 Å². The molecular formula is C14H14N4O3. The molecule has 0 saturated heterocycles. The number of nitrogens with two attached hydrogens (primary N) is 2. The summed E-state index contributed by atoms with van der Waals surface area (Å²) in [5, 5.41) is 1.33. The number of carbonyl (C=O) groups excluding carboxylic acids is 3. The molecule has 0 radical (unpaired) electrons. The molecular weight excluding hydrogens is 272 g/mol. The van der Waals surface area contributed by atoms with Crippen LogP contribution in [0.3, 0.4) is 0 Å². The number of aromatic nitrogens is 1. The predicted octanol–water partition coefficient (Wildman–Crippen LogP) is 0.343. The van der Waals surface area contributed by atoms with Crippen molar-refractivity contribution in [1.82, 2.24) is 9.99 Å². The molecule has 2 aromatic rings. The minimum absolute atomic E-state index is 0.0589. The van der Waals surface area contributed by atoms with E-state index < -0.39 is 17.7 Å². The quantitative estimate of drug-likeness (QED) is 0.477. The van der Waals surface area contributed by atoms with Gasteiger partial charge in [0.05, 0.1) is 5.52 Å². The summed E-state index contributed by atoms with van der Waals surface area (Å²) in [5.74, 6) is 3.42. The maximum atomic E-state index is 12.1. The maximum absolute atomic E-state index is 12.1. The van der Waals surface area contributed by atoms with Gasteiger partial charge in [0.15, 0.2) is 0 Å². The second-order valence-corrected chi connectivity index (χ2v) is 4.42. The third kappa shape index (κ3) is 3.40. The molecule has 0 atom stereocenters. The van der Waals surface area contributed by atoms with Crippen LogP contribution in [0.2, 0.25) is 0 Å². The van der Waals surface area contributed by atoms with Gasteiger partial charge >= 0.3 is 0 Å². The van der Waals surface area contributed by atoms with E-state index in [2.05, 4.69) is 4.98 Å². The molecule has 4 N–H and O–H groups in total. The normalized spacial score (nSPS) is 10.3. The van der Waals surface area contributed by atoms with Crippen molar-refractivity contribution in [2.45, 2.75) is 12.8 Å². The van der Waals surface area contributed by atoms with Gasteiger partial charge in [0.2, 0.25) is 11.8 Å². The first-order valence-electron chi connectivity index (χ1n) is 6.25. The van der Waals surface area contributed by atoms with Gasteiger partial charge in [0.25, 0.3) is 5.91 Å². The zero-order chi connectivity index (χ0) is 15.4. The zero-order valence-corrected chi connectivity index (χ0v) is 11.2. The molecule has 1 aromatic heterocycles. The molecule has 108 valence electrons. The van der Waals surface area contributed by atoms with Crippen molar-refractivity contribution in [1.29, 1.82) is 0 Å². The van der Waals surface area contributed by atoms with Crippen LogP contribution < -0.4 is 11.6 Å². The number of fused-ring (bicyclic) bond motifs is 1. The number of hydrogen-bond donors (Lipinski definition) is 2. The van der Waals surface area contributed by atoms with Crippen LogP contribution in [0.1, 0.15) is 23.3 Å². The summed E-state index contributed by atoms with van der Waals surface area (Å²) in [6, 6.07) is 10.5. The highest BCUT2D eigenvalue weighted by Crippen LogP contribution is 2.12. The van der Waals surface area contributed by atoms with Crippen molar-refractivity contribution in [2.24, 2.45) is 11.6 Å². The average molecular weight is 286 g/mol. The van der Waals surface area contributed by atoms with E-state index in [1.54, 1.807) is 18.2 Å². The molecule has 0 bridgehead atoms. The first-order chi connectivity index (χ1) is 9.99. The third-order valence-corrected chi connectivity index (χ3v) is 2.89. The topological polar surface area (TPSA) is 119 Å². The molecule has 7 heteroatoms. The van der Waals surface area contributed by atoms with Crippen molar-refractivity contribution >= 4 is 28.6 Å². The molecule has 0 saturated carbocycles. The van der Waals surface area contributed by atoms with Crippen LogP contribution >= 0.6 is 0 Å². The first kappa shape index (κ1) is 14.6. The lowest BCUT2D eigenvalue weighted by Crippen LogP contribution is -2.43. The van der Waals surface area contributed by atoms with Crippen LogP contribution in [-0.2, 0) is 9.59 Å². The van der Waals surface area contributed by atoms with Gasteiger partial charge in [0, 0.05) is 18.2 Å². The van der Waals surface area contributed by atoms with Crippen LogP contribution in [0.25, 0.3) is 10.9 Å². The highest BCUT2D eigenvalue weighted by atomic mass is 16.2. The van der Waals surface area contributed by atoms with Gasteiger partial charge in [-0.15, -0.1) is 0 Å². The summed E-state index contributed by atoms with van der Waals surface area (Å²) < 4.78 is 0.